The largest absolute Gasteiger partial charge is 0.399 e. The molecule has 0 heterocycles. The van der Waals surface area contributed by atoms with Crippen LogP contribution in [-0.4, -0.2) is 0 Å². The fourth-order valence-corrected chi connectivity index (χ4v) is 2.06. The molecule has 2 nitrogen and oxygen atoms in total. The van der Waals surface area contributed by atoms with Crippen LogP contribution in [0.25, 0.3) is 12.2 Å². The van der Waals surface area contributed by atoms with E-state index in [1.54, 1.807) is 0 Å². The van der Waals surface area contributed by atoms with Crippen LogP contribution in [-0.2, 0) is 0 Å². The first-order valence-electron chi connectivity index (χ1n) is 8.46. The zero-order valence-corrected chi connectivity index (χ0v) is 14.7. The number of allylic oxidation sites excluding steroid dienone is 10. The number of hydrogen-bond donors (Lipinski definition) is 2. The van der Waals surface area contributed by atoms with E-state index in [1.165, 1.54) is 0 Å². The number of rotatable bonds is 7. The summed E-state index contributed by atoms with van der Waals surface area (Å²) in [6.07, 6.45) is 24.0. The van der Waals surface area contributed by atoms with Gasteiger partial charge in [0.1, 0.15) is 0 Å². The number of anilines is 2. The molecule has 0 saturated carbocycles. The highest BCUT2D eigenvalue weighted by Crippen LogP contribution is 2.07. The minimum Gasteiger partial charge on any atom is -0.399 e. The fraction of sp³-hybridized carbons (Fsp3) is 0. The number of benzene rings is 2. The summed E-state index contributed by atoms with van der Waals surface area (Å²) in [6.45, 7) is 0. The highest BCUT2D eigenvalue weighted by atomic mass is 14.5. The molecule has 2 aromatic rings. The molecule has 0 aliphatic heterocycles. The van der Waals surface area contributed by atoms with Crippen LogP contribution in [0.1, 0.15) is 11.1 Å². The highest BCUT2D eigenvalue weighted by molar-refractivity contribution is 5.55. The Morgan fingerprint density at radius 1 is 0.385 bits per heavy atom. The smallest absolute Gasteiger partial charge is 0.0314 e. The van der Waals surface area contributed by atoms with Gasteiger partial charge in [-0.05, 0) is 35.4 Å². The van der Waals surface area contributed by atoms with Gasteiger partial charge in [0.2, 0.25) is 0 Å². The third-order valence-corrected chi connectivity index (χ3v) is 3.45. The second kappa shape index (κ2) is 11.1. The maximum Gasteiger partial charge on any atom is 0.0314 e. The van der Waals surface area contributed by atoms with E-state index < -0.39 is 0 Å². The van der Waals surface area contributed by atoms with Crippen LogP contribution in [0.3, 0.4) is 0 Å². The molecular weight excluding hydrogens is 316 g/mol. The van der Waals surface area contributed by atoms with Gasteiger partial charge in [-0.1, -0.05) is 97.2 Å². The summed E-state index contributed by atoms with van der Waals surface area (Å²) < 4.78 is 0. The molecule has 0 spiro atoms. The van der Waals surface area contributed by atoms with E-state index in [-0.39, 0.29) is 0 Å². The van der Waals surface area contributed by atoms with E-state index in [0.29, 0.717) is 0 Å². The Morgan fingerprint density at radius 2 is 0.654 bits per heavy atom. The molecule has 0 atom stereocenters. The van der Waals surface area contributed by atoms with Gasteiger partial charge in [-0.25, -0.2) is 0 Å². The van der Waals surface area contributed by atoms with Crippen molar-refractivity contribution in [3.63, 3.8) is 0 Å². The first-order chi connectivity index (χ1) is 12.7. The Labute approximate surface area is 155 Å². The van der Waals surface area contributed by atoms with Crippen LogP contribution in [0.4, 0.5) is 11.4 Å². The van der Waals surface area contributed by atoms with E-state index >= 15 is 0 Å². The molecule has 2 aromatic carbocycles. The molecule has 0 aromatic heterocycles. The lowest BCUT2D eigenvalue weighted by atomic mass is 10.2. The standard InChI is InChI=1S/C24H24N2/c25-23-17-13-21(14-18-23)11-9-7-5-3-1-2-4-6-8-10-12-22-15-19-24(26)20-16-22/h1-20H,25-26H2/b3-1+,4-2+,7-5+,8-6+,11-9+,12-10+. The van der Waals surface area contributed by atoms with E-state index in [0.717, 1.165) is 22.5 Å². The molecule has 0 amide bonds. The highest BCUT2D eigenvalue weighted by Gasteiger charge is 1.85. The third-order valence-electron chi connectivity index (χ3n) is 3.45. The summed E-state index contributed by atoms with van der Waals surface area (Å²) in [5.74, 6) is 0. The lowest BCUT2D eigenvalue weighted by molar-refractivity contribution is 1.64. The van der Waals surface area contributed by atoms with Crippen molar-refractivity contribution in [2.24, 2.45) is 0 Å². The Morgan fingerprint density at radius 3 is 0.962 bits per heavy atom. The Hall–Kier alpha value is -3.52. The second-order valence-corrected chi connectivity index (χ2v) is 5.59. The molecule has 2 heteroatoms. The first-order valence-corrected chi connectivity index (χ1v) is 8.46. The van der Waals surface area contributed by atoms with Crippen LogP contribution < -0.4 is 11.5 Å². The Kier molecular flexibility index (Phi) is 8.04. The molecule has 0 fully saturated rings. The van der Waals surface area contributed by atoms with Crippen LogP contribution >= 0.6 is 0 Å². The molecule has 4 N–H and O–H groups in total. The molecule has 0 saturated heterocycles. The van der Waals surface area contributed by atoms with Crippen LogP contribution in [0.5, 0.6) is 0 Å². The lowest BCUT2D eigenvalue weighted by Crippen LogP contribution is -1.82. The minimum absolute atomic E-state index is 0.780. The molecule has 2 rings (SSSR count). The summed E-state index contributed by atoms with van der Waals surface area (Å²) in [5.41, 5.74) is 15.1. The van der Waals surface area contributed by atoms with Crippen molar-refractivity contribution in [3.8, 4) is 0 Å². The van der Waals surface area contributed by atoms with E-state index in [9.17, 15) is 0 Å². The van der Waals surface area contributed by atoms with E-state index in [2.05, 4.69) is 0 Å². The minimum atomic E-state index is 0.780. The Balaban J connectivity index is 1.68. The molecule has 0 bridgehead atoms. The predicted octanol–water partition coefficient (Wildman–Crippen LogP) is 5.80. The number of nitrogen functional groups attached to an aromatic ring is 2. The van der Waals surface area contributed by atoms with Gasteiger partial charge in [-0.2, -0.15) is 0 Å². The van der Waals surface area contributed by atoms with Crippen molar-refractivity contribution >= 4 is 23.5 Å². The number of nitrogens with two attached hydrogens (primary N) is 2. The van der Waals surface area contributed by atoms with Gasteiger partial charge in [0.15, 0.2) is 0 Å². The van der Waals surface area contributed by atoms with Crippen molar-refractivity contribution in [1.82, 2.24) is 0 Å². The van der Waals surface area contributed by atoms with Gasteiger partial charge in [0, 0.05) is 11.4 Å². The predicted molar refractivity (Wildman–Crippen MR) is 116 cm³/mol. The lowest BCUT2D eigenvalue weighted by Gasteiger charge is -1.93. The van der Waals surface area contributed by atoms with Gasteiger partial charge in [-0.3, -0.25) is 0 Å². The molecule has 130 valence electrons. The molecule has 0 radical (unpaired) electrons. The molecular formula is C24H24N2. The van der Waals surface area contributed by atoms with Crippen LogP contribution in [0.15, 0.2) is 109 Å². The van der Waals surface area contributed by atoms with E-state index in [1.807, 2.05) is 121 Å². The third kappa shape index (κ3) is 7.84. The average Bonchev–Trinajstić information content (AvgIpc) is 2.65. The quantitative estimate of drug-likeness (QED) is 0.494. The number of hydrogen-bond acceptors (Lipinski definition) is 2. The summed E-state index contributed by atoms with van der Waals surface area (Å²) >= 11 is 0. The SMILES string of the molecule is Nc1ccc(/C=C/C=C/C=C/C=C/C=C/C=C/c2ccc(N)cc2)cc1. The molecule has 26 heavy (non-hydrogen) atoms. The van der Waals surface area contributed by atoms with Crippen molar-refractivity contribution in [2.75, 3.05) is 11.5 Å². The second-order valence-electron chi connectivity index (χ2n) is 5.59. The Bertz CT molecular complexity index is 757. The summed E-state index contributed by atoms with van der Waals surface area (Å²) in [5, 5.41) is 0. The zero-order chi connectivity index (χ0) is 18.5. The van der Waals surface area contributed by atoms with Crippen molar-refractivity contribution in [2.45, 2.75) is 0 Å². The van der Waals surface area contributed by atoms with Gasteiger partial charge < -0.3 is 11.5 Å². The van der Waals surface area contributed by atoms with Gasteiger partial charge >= 0.3 is 0 Å². The summed E-state index contributed by atoms with van der Waals surface area (Å²) in [7, 11) is 0. The maximum absolute atomic E-state index is 5.65. The van der Waals surface area contributed by atoms with Gasteiger partial charge in [-0.15, -0.1) is 0 Å². The summed E-state index contributed by atoms with van der Waals surface area (Å²) in [6, 6.07) is 15.6. The van der Waals surface area contributed by atoms with Gasteiger partial charge in [0.05, 0.1) is 0 Å². The summed E-state index contributed by atoms with van der Waals surface area (Å²) in [4.78, 5) is 0. The monoisotopic (exact) mass is 340 g/mol. The fourth-order valence-electron chi connectivity index (χ4n) is 2.06. The average molecular weight is 340 g/mol. The van der Waals surface area contributed by atoms with Crippen molar-refractivity contribution in [1.29, 1.82) is 0 Å². The zero-order valence-electron chi connectivity index (χ0n) is 14.7. The first kappa shape index (κ1) is 18.8. The van der Waals surface area contributed by atoms with Crippen LogP contribution in [0, 0.1) is 0 Å². The normalized spacial score (nSPS) is 12.8. The topological polar surface area (TPSA) is 52.0 Å². The maximum atomic E-state index is 5.65. The van der Waals surface area contributed by atoms with E-state index in [4.69, 9.17) is 11.5 Å². The molecule has 0 aliphatic carbocycles. The molecule has 0 aliphatic rings. The van der Waals surface area contributed by atoms with Crippen LogP contribution in [0.2, 0.25) is 0 Å². The van der Waals surface area contributed by atoms with Crippen molar-refractivity contribution in [3.05, 3.63) is 120 Å². The van der Waals surface area contributed by atoms with Crippen molar-refractivity contribution < 1.29 is 0 Å². The molecule has 0 unspecified atom stereocenters. The van der Waals surface area contributed by atoms with Gasteiger partial charge in [0.25, 0.3) is 0 Å².